The van der Waals surface area contributed by atoms with E-state index in [0.717, 1.165) is 38.5 Å². The molecule has 1 aromatic heterocycles. The predicted octanol–water partition coefficient (Wildman–Crippen LogP) is 2.88. The molecule has 0 radical (unpaired) electrons. The van der Waals surface area contributed by atoms with Crippen molar-refractivity contribution >= 4 is 38.7 Å². The quantitative estimate of drug-likeness (QED) is 0.739. The Labute approximate surface area is 169 Å². The fourth-order valence-corrected chi connectivity index (χ4v) is 5.32. The van der Waals surface area contributed by atoms with Crippen molar-refractivity contribution in [2.45, 2.75) is 12.6 Å². The van der Waals surface area contributed by atoms with Crippen LogP contribution in [-0.2, 0) is 6.54 Å². The summed E-state index contributed by atoms with van der Waals surface area (Å²) in [5.74, 6) is 1.12. The number of piperazine rings is 1. The standard InChI is InChI=1S/C22H26N4OS/c27-17(15-24-10-12-25(13-11-24)22-23-9-14-28-22)16-26-20-7-3-1-5-18(20)19-6-2-4-8-21(19)26/h1-8,17,27H,9-16H2. The van der Waals surface area contributed by atoms with E-state index in [9.17, 15) is 5.11 Å². The number of aliphatic hydroxyl groups excluding tert-OH is 1. The highest BCUT2D eigenvalue weighted by Gasteiger charge is 2.23. The summed E-state index contributed by atoms with van der Waals surface area (Å²) in [6.07, 6.45) is -0.385. The zero-order chi connectivity index (χ0) is 18.9. The van der Waals surface area contributed by atoms with Gasteiger partial charge in [-0.3, -0.25) is 9.89 Å². The average Bonchev–Trinajstić information content (AvgIpc) is 3.37. The molecule has 5 nitrogen and oxygen atoms in total. The van der Waals surface area contributed by atoms with Gasteiger partial charge in [-0.15, -0.1) is 0 Å². The summed E-state index contributed by atoms with van der Waals surface area (Å²) >= 11 is 1.87. The first-order chi connectivity index (χ1) is 13.8. The Morgan fingerprint density at radius 2 is 1.54 bits per heavy atom. The number of benzene rings is 2. The van der Waals surface area contributed by atoms with Gasteiger partial charge in [0.05, 0.1) is 19.2 Å². The second-order valence-electron chi connectivity index (χ2n) is 7.60. The summed E-state index contributed by atoms with van der Waals surface area (Å²) in [4.78, 5) is 9.37. The Hall–Kier alpha value is -2.02. The van der Waals surface area contributed by atoms with Crippen LogP contribution in [0.25, 0.3) is 21.8 Å². The van der Waals surface area contributed by atoms with Crippen LogP contribution in [0.2, 0.25) is 0 Å². The van der Waals surface area contributed by atoms with Gasteiger partial charge >= 0.3 is 0 Å². The van der Waals surface area contributed by atoms with E-state index in [0.29, 0.717) is 13.1 Å². The summed E-state index contributed by atoms with van der Waals surface area (Å²) in [7, 11) is 0. The van der Waals surface area contributed by atoms with Crippen molar-refractivity contribution in [2.75, 3.05) is 45.0 Å². The largest absolute Gasteiger partial charge is 0.390 e. The number of rotatable bonds is 4. The number of β-amino-alcohol motifs (C(OH)–C–C–N with tert-alkyl or cyclic N) is 1. The molecule has 0 aliphatic carbocycles. The average molecular weight is 395 g/mol. The second kappa shape index (κ2) is 7.78. The number of aliphatic imine (C=N–C) groups is 1. The molecule has 0 saturated carbocycles. The highest BCUT2D eigenvalue weighted by molar-refractivity contribution is 8.14. The van der Waals surface area contributed by atoms with Gasteiger partial charge in [-0.25, -0.2) is 0 Å². The molecule has 0 bridgehead atoms. The number of amidine groups is 1. The monoisotopic (exact) mass is 394 g/mol. The summed E-state index contributed by atoms with van der Waals surface area (Å²) in [6.45, 7) is 6.29. The highest BCUT2D eigenvalue weighted by Crippen LogP contribution is 2.29. The van der Waals surface area contributed by atoms with Gasteiger partial charge < -0.3 is 14.6 Å². The lowest BCUT2D eigenvalue weighted by molar-refractivity contribution is 0.0808. The maximum absolute atomic E-state index is 10.9. The van der Waals surface area contributed by atoms with E-state index in [-0.39, 0.29) is 6.10 Å². The Morgan fingerprint density at radius 1 is 0.893 bits per heavy atom. The number of fused-ring (bicyclic) bond motifs is 3. The van der Waals surface area contributed by atoms with Crippen LogP contribution in [-0.4, -0.2) is 75.8 Å². The van der Waals surface area contributed by atoms with E-state index in [1.54, 1.807) is 0 Å². The van der Waals surface area contributed by atoms with Crippen molar-refractivity contribution in [1.82, 2.24) is 14.4 Å². The number of nitrogens with zero attached hydrogens (tertiary/aromatic N) is 4. The van der Waals surface area contributed by atoms with Gasteiger partial charge in [0.15, 0.2) is 5.17 Å². The molecular formula is C22H26N4OS. The van der Waals surface area contributed by atoms with Gasteiger partial charge in [-0.2, -0.15) is 0 Å². The SMILES string of the molecule is OC(CN1CCN(C2=NCCS2)CC1)Cn1c2ccccc2c2ccccc21. The van der Waals surface area contributed by atoms with Gasteiger partial charge in [-0.05, 0) is 12.1 Å². The number of aliphatic hydroxyl groups is 1. The van der Waals surface area contributed by atoms with Gasteiger partial charge in [0.25, 0.3) is 0 Å². The number of hydrogen-bond acceptors (Lipinski definition) is 5. The molecule has 2 aromatic carbocycles. The predicted molar refractivity (Wildman–Crippen MR) is 118 cm³/mol. The van der Waals surface area contributed by atoms with Gasteiger partial charge in [-0.1, -0.05) is 48.2 Å². The molecule has 1 N–H and O–H groups in total. The summed E-state index contributed by atoms with van der Waals surface area (Å²) in [6, 6.07) is 17.0. The molecule has 1 saturated heterocycles. The van der Waals surface area contributed by atoms with E-state index in [1.807, 2.05) is 11.8 Å². The third-order valence-corrected chi connectivity index (χ3v) is 6.79. The second-order valence-corrected chi connectivity index (χ2v) is 8.66. The minimum absolute atomic E-state index is 0.385. The lowest BCUT2D eigenvalue weighted by Crippen LogP contribution is -2.50. The molecule has 1 unspecified atom stereocenters. The van der Waals surface area contributed by atoms with Crippen LogP contribution in [0.15, 0.2) is 53.5 Å². The van der Waals surface area contributed by atoms with Crippen LogP contribution in [0.5, 0.6) is 0 Å². The molecule has 2 aliphatic rings. The van der Waals surface area contributed by atoms with Crippen LogP contribution in [0.3, 0.4) is 0 Å². The Balaban J connectivity index is 1.28. The molecule has 146 valence electrons. The summed E-state index contributed by atoms with van der Waals surface area (Å²) in [5, 5.41) is 14.6. The molecule has 28 heavy (non-hydrogen) atoms. The first kappa shape index (κ1) is 18.0. The minimum atomic E-state index is -0.385. The lowest BCUT2D eigenvalue weighted by atomic mass is 10.2. The van der Waals surface area contributed by atoms with E-state index < -0.39 is 0 Å². The van der Waals surface area contributed by atoms with E-state index >= 15 is 0 Å². The lowest BCUT2D eigenvalue weighted by Gasteiger charge is -2.36. The van der Waals surface area contributed by atoms with Crippen LogP contribution in [0.4, 0.5) is 0 Å². The number of hydrogen-bond donors (Lipinski definition) is 1. The fourth-order valence-electron chi connectivity index (χ4n) is 4.40. The molecule has 1 fully saturated rings. The zero-order valence-corrected chi connectivity index (χ0v) is 16.8. The molecule has 0 amide bonds. The number of para-hydroxylation sites is 2. The van der Waals surface area contributed by atoms with Crippen molar-refractivity contribution in [3.8, 4) is 0 Å². The summed E-state index contributed by atoms with van der Waals surface area (Å²) in [5.41, 5.74) is 2.40. The molecular weight excluding hydrogens is 368 g/mol. The van der Waals surface area contributed by atoms with E-state index in [2.05, 4.69) is 67.9 Å². The molecule has 3 heterocycles. The Kier molecular flexibility index (Phi) is 5.01. The first-order valence-electron chi connectivity index (χ1n) is 10.1. The number of thioether (sulfide) groups is 1. The molecule has 2 aliphatic heterocycles. The number of aromatic nitrogens is 1. The van der Waals surface area contributed by atoms with Gasteiger partial charge in [0, 0.05) is 60.3 Å². The van der Waals surface area contributed by atoms with Crippen molar-refractivity contribution in [3.05, 3.63) is 48.5 Å². The van der Waals surface area contributed by atoms with Crippen LogP contribution < -0.4 is 0 Å². The third kappa shape index (κ3) is 3.41. The Bertz CT molecular complexity index is 953. The first-order valence-corrected chi connectivity index (χ1v) is 11.1. The van der Waals surface area contributed by atoms with Crippen LogP contribution in [0, 0.1) is 0 Å². The topological polar surface area (TPSA) is 44.0 Å². The minimum Gasteiger partial charge on any atom is -0.390 e. The smallest absolute Gasteiger partial charge is 0.159 e. The highest BCUT2D eigenvalue weighted by atomic mass is 32.2. The normalized spacial score (nSPS) is 19.5. The Morgan fingerprint density at radius 3 is 2.14 bits per heavy atom. The molecule has 3 aromatic rings. The molecule has 1 atom stereocenters. The third-order valence-electron chi connectivity index (χ3n) is 5.75. The van der Waals surface area contributed by atoms with Gasteiger partial charge in [0.1, 0.15) is 0 Å². The molecule has 5 rings (SSSR count). The molecule has 6 heteroatoms. The van der Waals surface area contributed by atoms with Crippen LogP contribution in [0.1, 0.15) is 0 Å². The van der Waals surface area contributed by atoms with E-state index in [4.69, 9.17) is 0 Å². The van der Waals surface area contributed by atoms with E-state index in [1.165, 1.54) is 27.0 Å². The van der Waals surface area contributed by atoms with Crippen molar-refractivity contribution in [1.29, 1.82) is 0 Å². The maximum Gasteiger partial charge on any atom is 0.159 e. The van der Waals surface area contributed by atoms with Crippen molar-refractivity contribution in [2.24, 2.45) is 4.99 Å². The van der Waals surface area contributed by atoms with Crippen molar-refractivity contribution < 1.29 is 5.11 Å². The molecule has 0 spiro atoms. The maximum atomic E-state index is 10.9. The van der Waals surface area contributed by atoms with Crippen molar-refractivity contribution in [3.63, 3.8) is 0 Å². The fraction of sp³-hybridized carbons (Fsp3) is 0.409. The van der Waals surface area contributed by atoms with Gasteiger partial charge in [0.2, 0.25) is 0 Å². The zero-order valence-electron chi connectivity index (χ0n) is 16.0. The van der Waals surface area contributed by atoms with Crippen LogP contribution >= 0.6 is 11.8 Å². The summed E-state index contributed by atoms with van der Waals surface area (Å²) < 4.78 is 2.27.